The number of carbonyl (C=O) groups is 1. The predicted octanol–water partition coefficient (Wildman–Crippen LogP) is 4.46. The lowest BCUT2D eigenvalue weighted by atomic mass is 9.77. The first kappa shape index (κ1) is 57.9. The zero-order chi connectivity index (χ0) is 51.3. The molecular weight excluding hydrogens is 1010 g/mol. The number of hydrogen-bond acceptors (Lipinski definition) is 16. The van der Waals surface area contributed by atoms with Crippen molar-refractivity contribution in [3.63, 3.8) is 0 Å². The number of carbonyl (C=O) groups excluding carboxylic acids is 1. The third-order valence-corrected chi connectivity index (χ3v) is 16.0. The summed E-state index contributed by atoms with van der Waals surface area (Å²) in [5.41, 5.74) is -2.87. The standard InChI is InChI=1S/C50H83FIN5O12/c1-14-39-50(10,63)43(59)32(6)56(12)26-28(2)23-48(8,62)45(30(4)42(31(5)46(61)67-39)68-40-24-49(9,64-13)44(60)33(7)66-40)69-47-41(58)38(21-29(3)65-47)55(11)20-19-36-27-57(54-53-36)37(25-51)22-34-15-17-35(52)18-16-34/h15-18,27-33,37-45,47,58-60,62-63H,14,19-26H2,1-13H3/t28-,29-,30+,31-,32-,33+,37+,38+,39-,40+,41-,42+,43-,44+,45-,47+,48-,49-,50-/m1/s1. The first-order chi connectivity index (χ1) is 32.3. The number of methoxy groups -OCH3 is 1. The number of halogens is 2. The minimum absolute atomic E-state index is 0.0948. The van der Waals surface area contributed by atoms with Gasteiger partial charge in [-0.05, 0) is 134 Å². The average molecular weight is 1090 g/mol. The monoisotopic (exact) mass is 1090 g/mol. The van der Waals surface area contributed by atoms with Crippen molar-refractivity contribution in [3.8, 4) is 0 Å². The van der Waals surface area contributed by atoms with Gasteiger partial charge >= 0.3 is 5.97 Å². The Morgan fingerprint density at radius 1 is 1.00 bits per heavy atom. The van der Waals surface area contributed by atoms with E-state index < -0.39 is 115 Å². The number of aliphatic hydroxyl groups is 5. The lowest BCUT2D eigenvalue weighted by Crippen LogP contribution is -2.61. The van der Waals surface area contributed by atoms with E-state index >= 15 is 0 Å². The number of nitrogens with zero attached hydrogens (tertiary/aromatic N) is 5. The summed E-state index contributed by atoms with van der Waals surface area (Å²) in [7, 11) is 5.24. The van der Waals surface area contributed by atoms with Gasteiger partial charge in [0.15, 0.2) is 12.6 Å². The van der Waals surface area contributed by atoms with Crippen LogP contribution in [0.2, 0.25) is 0 Å². The summed E-state index contributed by atoms with van der Waals surface area (Å²) in [6.45, 7) is 17.8. The van der Waals surface area contributed by atoms with Crippen LogP contribution in [0.25, 0.3) is 0 Å². The SMILES string of the molecule is CC[C@H]1OC(=O)[C@H](C)[C@@H](O[C@H]2C[C@@](C)(OC)[C@@H](O)[C@H](C)O2)[C@H](C)[C@@H](O[C@@H]2O[C@H](C)C[C@H](N(C)CCc3cn([C@H](CF)Cc4ccc(I)cc4)nn3)[C@H]2O)[C@](C)(O)C[C@@H](C)CN(C)[C@H](C)[C@@H](O)[C@]1(C)O. The van der Waals surface area contributed by atoms with Gasteiger partial charge in [0.25, 0.3) is 0 Å². The van der Waals surface area contributed by atoms with Crippen LogP contribution in [0.1, 0.15) is 112 Å². The maximum atomic E-state index is 14.5. The zero-order valence-corrected chi connectivity index (χ0v) is 45.2. The molecule has 3 aliphatic rings. The zero-order valence-electron chi connectivity index (χ0n) is 43.1. The summed E-state index contributed by atoms with van der Waals surface area (Å²) in [5.74, 6) is -2.82. The molecule has 0 aliphatic carbocycles. The van der Waals surface area contributed by atoms with E-state index in [-0.39, 0.29) is 31.3 Å². The second-order valence-electron chi connectivity index (χ2n) is 21.3. The second-order valence-corrected chi connectivity index (χ2v) is 22.5. The molecule has 3 saturated heterocycles. The lowest BCUT2D eigenvalue weighted by Gasteiger charge is -2.49. The molecule has 0 spiro atoms. The van der Waals surface area contributed by atoms with Crippen molar-refractivity contribution in [2.75, 3.05) is 41.0 Å². The van der Waals surface area contributed by atoms with E-state index in [0.717, 1.165) is 9.13 Å². The molecule has 0 radical (unpaired) electrons. The number of esters is 1. The van der Waals surface area contributed by atoms with Crippen LogP contribution in [-0.2, 0) is 46.1 Å². The summed E-state index contributed by atoms with van der Waals surface area (Å²) >= 11 is 2.24. The van der Waals surface area contributed by atoms with Crippen LogP contribution in [0.3, 0.4) is 0 Å². The lowest BCUT2D eigenvalue weighted by molar-refractivity contribution is -0.318. The van der Waals surface area contributed by atoms with E-state index in [0.29, 0.717) is 38.0 Å². The Labute approximate surface area is 422 Å². The molecule has 5 N–H and O–H groups in total. The molecule has 0 amide bonds. The quantitative estimate of drug-likeness (QED) is 0.131. The molecule has 2 aromatic rings. The second kappa shape index (κ2) is 24.4. The van der Waals surface area contributed by atoms with E-state index in [2.05, 4.69) is 32.9 Å². The maximum Gasteiger partial charge on any atom is 0.311 e. The van der Waals surface area contributed by atoms with Crippen LogP contribution >= 0.6 is 22.6 Å². The Morgan fingerprint density at radius 3 is 2.29 bits per heavy atom. The van der Waals surface area contributed by atoms with Gasteiger partial charge in [-0.25, -0.2) is 9.07 Å². The van der Waals surface area contributed by atoms with E-state index in [1.165, 1.54) is 14.0 Å². The number of alkyl halides is 1. The van der Waals surface area contributed by atoms with Gasteiger partial charge < -0.3 is 63.8 Å². The molecule has 5 rings (SSSR count). The molecular formula is C50H83FIN5O12. The van der Waals surface area contributed by atoms with Crippen LogP contribution < -0.4 is 0 Å². The Balaban J connectivity index is 1.45. The van der Waals surface area contributed by atoms with Gasteiger partial charge in [0.2, 0.25) is 0 Å². The van der Waals surface area contributed by atoms with Crippen LogP contribution in [0, 0.1) is 21.3 Å². The molecule has 19 heteroatoms. The minimum atomic E-state index is -1.84. The first-order valence-corrected chi connectivity index (χ1v) is 25.8. The highest BCUT2D eigenvalue weighted by Gasteiger charge is 2.53. The predicted molar refractivity (Wildman–Crippen MR) is 265 cm³/mol. The molecule has 69 heavy (non-hydrogen) atoms. The van der Waals surface area contributed by atoms with E-state index in [1.807, 2.05) is 68.9 Å². The summed E-state index contributed by atoms with van der Waals surface area (Å²) in [5, 5.41) is 68.2. The van der Waals surface area contributed by atoms with Crippen LogP contribution in [0.15, 0.2) is 30.5 Å². The fourth-order valence-electron chi connectivity index (χ4n) is 10.8. The highest BCUT2D eigenvalue weighted by molar-refractivity contribution is 14.1. The Kier molecular flexibility index (Phi) is 20.4. The minimum Gasteiger partial charge on any atom is -0.459 e. The van der Waals surface area contributed by atoms with Gasteiger partial charge in [0.05, 0.1) is 53.3 Å². The molecule has 394 valence electrons. The fourth-order valence-corrected chi connectivity index (χ4v) is 11.2. The van der Waals surface area contributed by atoms with Gasteiger partial charge in [-0.1, -0.05) is 38.1 Å². The molecule has 1 aromatic carbocycles. The van der Waals surface area contributed by atoms with Crippen LogP contribution in [0.4, 0.5) is 4.39 Å². The smallest absolute Gasteiger partial charge is 0.311 e. The molecule has 0 unspecified atom stereocenters. The van der Waals surface area contributed by atoms with E-state index in [9.17, 15) is 34.7 Å². The van der Waals surface area contributed by atoms with Crippen molar-refractivity contribution in [2.24, 2.45) is 17.8 Å². The number of aliphatic hydroxyl groups excluding tert-OH is 3. The van der Waals surface area contributed by atoms with Crippen molar-refractivity contribution in [1.29, 1.82) is 0 Å². The van der Waals surface area contributed by atoms with Gasteiger partial charge in [-0.2, -0.15) is 0 Å². The first-order valence-electron chi connectivity index (χ1n) is 24.7. The van der Waals surface area contributed by atoms with E-state index in [4.69, 9.17) is 28.4 Å². The summed E-state index contributed by atoms with van der Waals surface area (Å²) in [6, 6.07) is 6.43. The van der Waals surface area contributed by atoms with Crippen molar-refractivity contribution < 1.29 is 63.1 Å². The fraction of sp³-hybridized carbons (Fsp3) is 0.820. The maximum absolute atomic E-state index is 14.5. The van der Waals surface area contributed by atoms with Gasteiger partial charge in [-0.15, -0.1) is 5.10 Å². The third-order valence-electron chi connectivity index (χ3n) is 15.3. The number of likely N-dealkylation sites (N-methyl/N-ethyl adjacent to an activating group) is 2. The largest absolute Gasteiger partial charge is 0.459 e. The van der Waals surface area contributed by atoms with E-state index in [1.54, 1.807) is 52.4 Å². The third kappa shape index (κ3) is 14.0. The Hall–Kier alpha value is -1.99. The number of aromatic nitrogens is 3. The molecule has 19 atom stereocenters. The number of rotatable bonds is 14. The molecule has 17 nitrogen and oxygen atoms in total. The average Bonchev–Trinajstić information content (AvgIpc) is 3.77. The Morgan fingerprint density at radius 2 is 1.67 bits per heavy atom. The highest BCUT2D eigenvalue weighted by atomic mass is 127. The molecule has 1 aromatic heterocycles. The number of ether oxygens (including phenoxy) is 6. The number of hydrogen-bond donors (Lipinski definition) is 5. The summed E-state index contributed by atoms with van der Waals surface area (Å²) < 4.78 is 55.2. The summed E-state index contributed by atoms with van der Waals surface area (Å²) in [4.78, 5) is 18.4. The van der Waals surface area contributed by atoms with Crippen molar-refractivity contribution in [2.45, 2.75) is 204 Å². The molecule has 0 saturated carbocycles. The number of cyclic esters (lactones) is 1. The number of benzene rings is 1. The topological polar surface area (TPSA) is 211 Å². The van der Waals surface area contributed by atoms with Gasteiger partial charge in [-0.3, -0.25) is 4.79 Å². The molecule has 3 aliphatic heterocycles. The van der Waals surface area contributed by atoms with Crippen molar-refractivity contribution in [1.82, 2.24) is 24.8 Å². The van der Waals surface area contributed by atoms with Crippen LogP contribution in [0.5, 0.6) is 0 Å². The summed E-state index contributed by atoms with van der Waals surface area (Å²) in [6.07, 6.45) is -6.49. The molecule has 0 bridgehead atoms. The van der Waals surface area contributed by atoms with Crippen LogP contribution in [-0.4, -0.2) is 188 Å². The molecule has 4 heterocycles. The van der Waals surface area contributed by atoms with Crippen molar-refractivity contribution >= 4 is 28.6 Å². The van der Waals surface area contributed by atoms with Gasteiger partial charge in [0, 0.05) is 60.8 Å². The molecule has 3 fully saturated rings. The Bertz CT molecular complexity index is 1920. The normalized spacial score (nSPS) is 40.8. The van der Waals surface area contributed by atoms with Gasteiger partial charge in [0.1, 0.15) is 36.7 Å². The highest BCUT2D eigenvalue weighted by Crippen LogP contribution is 2.40. The van der Waals surface area contributed by atoms with Crippen molar-refractivity contribution in [3.05, 3.63) is 45.3 Å².